The third kappa shape index (κ3) is 3.38. The summed E-state index contributed by atoms with van der Waals surface area (Å²) >= 11 is 0. The second kappa shape index (κ2) is 7.46. The minimum Gasteiger partial charge on any atom is -0.371 e. The molecule has 0 saturated carbocycles. The lowest BCUT2D eigenvalue weighted by Crippen LogP contribution is -2.48. The van der Waals surface area contributed by atoms with Gasteiger partial charge in [0.1, 0.15) is 0 Å². The van der Waals surface area contributed by atoms with Crippen LogP contribution in [0.25, 0.3) is 0 Å². The average Bonchev–Trinajstić information content (AvgIpc) is 3.29. The summed E-state index contributed by atoms with van der Waals surface area (Å²) in [4.78, 5) is 16.1. The zero-order valence-corrected chi connectivity index (χ0v) is 14.9. The highest BCUT2D eigenvalue weighted by Gasteiger charge is 2.33. The minimum atomic E-state index is 0.161. The van der Waals surface area contributed by atoms with Crippen LogP contribution in [0.5, 0.6) is 0 Å². The van der Waals surface area contributed by atoms with Crippen molar-refractivity contribution in [1.29, 1.82) is 0 Å². The maximum Gasteiger partial charge on any atom is 0.246 e. The first-order valence-electron chi connectivity index (χ1n) is 9.12. The van der Waals surface area contributed by atoms with E-state index in [-0.39, 0.29) is 24.2 Å². The van der Waals surface area contributed by atoms with Gasteiger partial charge in [0.2, 0.25) is 11.9 Å². The molecule has 2 saturated heterocycles. The van der Waals surface area contributed by atoms with E-state index in [1.807, 2.05) is 16.5 Å². The first kappa shape index (κ1) is 17.1. The Morgan fingerprint density at radius 1 is 1.17 bits per heavy atom. The van der Waals surface area contributed by atoms with Crippen LogP contribution in [-0.4, -0.2) is 69.4 Å². The lowest BCUT2D eigenvalue weighted by Gasteiger charge is -2.38. The van der Waals surface area contributed by atoms with Crippen LogP contribution >= 0.6 is 0 Å². The van der Waals surface area contributed by atoms with Gasteiger partial charge in [0, 0.05) is 32.6 Å². The Balaban J connectivity index is 1.74. The van der Waals surface area contributed by atoms with Gasteiger partial charge >= 0.3 is 0 Å². The molecule has 3 rings (SSSR count). The molecule has 2 aliphatic heterocycles. The number of likely N-dealkylation sites (tertiary alicyclic amines) is 1. The summed E-state index contributed by atoms with van der Waals surface area (Å²) in [6.45, 7) is 9.32. The largest absolute Gasteiger partial charge is 0.371 e. The number of ether oxygens (including phenoxy) is 1. The zero-order valence-electron chi connectivity index (χ0n) is 14.9. The maximum atomic E-state index is 11.9. The van der Waals surface area contributed by atoms with Crippen molar-refractivity contribution in [2.24, 2.45) is 0 Å². The normalized spacial score (nSPS) is 27.7. The number of nitrogens with zero attached hydrogens (tertiary/aromatic N) is 6. The molecule has 0 bridgehead atoms. The van der Waals surface area contributed by atoms with Gasteiger partial charge < -0.3 is 14.5 Å². The molecule has 0 radical (unpaired) electrons. The summed E-state index contributed by atoms with van der Waals surface area (Å²) in [6.07, 6.45) is 3.86. The Bertz CT molecular complexity index is 551. The Morgan fingerprint density at radius 3 is 2.50 bits per heavy atom. The van der Waals surface area contributed by atoms with Crippen molar-refractivity contribution >= 4 is 11.9 Å². The highest BCUT2D eigenvalue weighted by atomic mass is 16.5. The number of tetrazole rings is 1. The quantitative estimate of drug-likeness (QED) is 0.805. The van der Waals surface area contributed by atoms with E-state index in [0.717, 1.165) is 44.8 Å². The van der Waals surface area contributed by atoms with E-state index in [1.54, 1.807) is 0 Å². The van der Waals surface area contributed by atoms with Gasteiger partial charge in [0.15, 0.2) is 0 Å². The zero-order chi connectivity index (χ0) is 17.1. The third-order valence-electron chi connectivity index (χ3n) is 5.07. The molecule has 0 N–H and O–H groups in total. The van der Waals surface area contributed by atoms with E-state index >= 15 is 0 Å². The first-order chi connectivity index (χ1) is 11.7. The van der Waals surface area contributed by atoms with Crippen LogP contribution in [0, 0.1) is 0 Å². The van der Waals surface area contributed by atoms with Gasteiger partial charge in [-0.2, -0.15) is 0 Å². The summed E-state index contributed by atoms with van der Waals surface area (Å²) in [7, 11) is 0. The number of rotatable bonds is 5. The maximum absolute atomic E-state index is 11.9. The summed E-state index contributed by atoms with van der Waals surface area (Å²) in [5, 5.41) is 12.4. The monoisotopic (exact) mass is 336 g/mol. The van der Waals surface area contributed by atoms with Crippen LogP contribution in [0.3, 0.4) is 0 Å². The van der Waals surface area contributed by atoms with Crippen LogP contribution in [0.2, 0.25) is 0 Å². The number of morpholine rings is 1. The molecule has 1 amide bonds. The number of aromatic nitrogens is 4. The standard InChI is InChI=1S/C16H28N6O2/c1-4-13-10-21(11-14(5-2)24-13)16-17-18-19-22(16)12-7-8-20(9-12)15(23)6-3/h12-14H,4-11H2,1-3H3. The summed E-state index contributed by atoms with van der Waals surface area (Å²) in [6, 6.07) is 0.161. The van der Waals surface area contributed by atoms with Gasteiger partial charge in [-0.15, -0.1) is 0 Å². The van der Waals surface area contributed by atoms with Gasteiger partial charge in [-0.1, -0.05) is 25.9 Å². The highest BCUT2D eigenvalue weighted by molar-refractivity contribution is 5.76. The summed E-state index contributed by atoms with van der Waals surface area (Å²) in [5.74, 6) is 1.02. The van der Waals surface area contributed by atoms with Crippen molar-refractivity contribution in [3.05, 3.63) is 0 Å². The molecular formula is C16H28N6O2. The third-order valence-corrected chi connectivity index (χ3v) is 5.07. The predicted molar refractivity (Wildman–Crippen MR) is 89.8 cm³/mol. The van der Waals surface area contributed by atoms with Gasteiger partial charge in [0.05, 0.1) is 18.2 Å². The Morgan fingerprint density at radius 2 is 1.88 bits per heavy atom. The average molecular weight is 336 g/mol. The fourth-order valence-corrected chi connectivity index (χ4v) is 3.56. The summed E-state index contributed by atoms with van der Waals surface area (Å²) in [5.41, 5.74) is 0. The topological polar surface area (TPSA) is 76.4 Å². The number of carbonyl (C=O) groups excluding carboxylic acids is 1. The molecule has 0 aliphatic carbocycles. The van der Waals surface area contributed by atoms with Gasteiger partial charge in [0.25, 0.3) is 0 Å². The van der Waals surface area contributed by atoms with Crippen molar-refractivity contribution in [2.45, 2.75) is 64.7 Å². The molecule has 8 nitrogen and oxygen atoms in total. The molecule has 2 fully saturated rings. The van der Waals surface area contributed by atoms with Crippen molar-refractivity contribution in [1.82, 2.24) is 25.1 Å². The van der Waals surface area contributed by atoms with Gasteiger partial charge in [-0.3, -0.25) is 4.79 Å². The molecule has 0 aromatic carbocycles. The SMILES string of the molecule is CCC(=O)N1CCC(n2nnnc2N2CC(CC)OC(CC)C2)C1. The fourth-order valence-electron chi connectivity index (χ4n) is 3.56. The van der Waals surface area contributed by atoms with E-state index in [9.17, 15) is 4.79 Å². The van der Waals surface area contributed by atoms with Crippen molar-refractivity contribution in [3.8, 4) is 0 Å². The van der Waals surface area contributed by atoms with Crippen LogP contribution in [0.1, 0.15) is 52.5 Å². The molecule has 3 atom stereocenters. The molecule has 134 valence electrons. The molecule has 1 aromatic rings. The van der Waals surface area contributed by atoms with Gasteiger partial charge in [-0.05, 0) is 29.7 Å². The van der Waals surface area contributed by atoms with E-state index in [2.05, 4.69) is 34.3 Å². The number of hydrogen-bond donors (Lipinski definition) is 0. The van der Waals surface area contributed by atoms with Crippen LogP contribution < -0.4 is 4.90 Å². The second-order valence-electron chi connectivity index (χ2n) is 6.66. The molecule has 3 heterocycles. The van der Waals surface area contributed by atoms with E-state index in [4.69, 9.17) is 4.74 Å². The van der Waals surface area contributed by atoms with Crippen molar-refractivity contribution < 1.29 is 9.53 Å². The fraction of sp³-hybridized carbons (Fsp3) is 0.875. The molecule has 2 aliphatic rings. The van der Waals surface area contributed by atoms with Gasteiger partial charge in [-0.25, -0.2) is 4.68 Å². The molecule has 3 unspecified atom stereocenters. The molecule has 0 spiro atoms. The smallest absolute Gasteiger partial charge is 0.246 e. The van der Waals surface area contributed by atoms with Crippen LogP contribution in [0.15, 0.2) is 0 Å². The number of hydrogen-bond acceptors (Lipinski definition) is 6. The Kier molecular flexibility index (Phi) is 5.33. The van der Waals surface area contributed by atoms with Crippen LogP contribution in [-0.2, 0) is 9.53 Å². The molecule has 24 heavy (non-hydrogen) atoms. The van der Waals surface area contributed by atoms with E-state index in [1.165, 1.54) is 0 Å². The molecule has 1 aromatic heterocycles. The number of amides is 1. The van der Waals surface area contributed by atoms with E-state index < -0.39 is 0 Å². The Hall–Kier alpha value is -1.70. The predicted octanol–water partition coefficient (Wildman–Crippen LogP) is 1.25. The lowest BCUT2D eigenvalue weighted by atomic mass is 10.1. The Labute approximate surface area is 143 Å². The number of carbonyl (C=O) groups is 1. The highest BCUT2D eigenvalue weighted by Crippen LogP contribution is 2.27. The minimum absolute atomic E-state index is 0.161. The number of anilines is 1. The van der Waals surface area contributed by atoms with Crippen molar-refractivity contribution in [2.75, 3.05) is 31.1 Å². The molecular weight excluding hydrogens is 308 g/mol. The van der Waals surface area contributed by atoms with E-state index in [0.29, 0.717) is 13.0 Å². The van der Waals surface area contributed by atoms with Crippen molar-refractivity contribution in [3.63, 3.8) is 0 Å². The first-order valence-corrected chi connectivity index (χ1v) is 9.12. The lowest BCUT2D eigenvalue weighted by molar-refractivity contribution is -0.129. The summed E-state index contributed by atoms with van der Waals surface area (Å²) < 4.78 is 7.98. The molecule has 8 heteroatoms. The second-order valence-corrected chi connectivity index (χ2v) is 6.66. The van der Waals surface area contributed by atoms with Crippen LogP contribution in [0.4, 0.5) is 5.95 Å².